The van der Waals surface area contributed by atoms with E-state index in [1.54, 1.807) is 4.31 Å². The number of Topliss-reactive ketones (excluding diaryl/α,β-unsaturated/α-hetero) is 1. The van der Waals surface area contributed by atoms with E-state index >= 15 is 0 Å². The summed E-state index contributed by atoms with van der Waals surface area (Å²) < 4.78 is 28.1. The van der Waals surface area contributed by atoms with Crippen molar-refractivity contribution >= 4 is 21.5 Å². The number of piperazine rings is 1. The van der Waals surface area contributed by atoms with Gasteiger partial charge >= 0.3 is 0 Å². The molecule has 0 aromatic heterocycles. The summed E-state index contributed by atoms with van der Waals surface area (Å²) in [5.41, 5.74) is 1.51. The molecule has 1 aromatic rings. The van der Waals surface area contributed by atoms with Gasteiger partial charge in [-0.1, -0.05) is 32.0 Å². The fourth-order valence-electron chi connectivity index (χ4n) is 5.64. The first-order valence-electron chi connectivity index (χ1n) is 9.99. The molecule has 5 nitrogen and oxygen atoms in total. The van der Waals surface area contributed by atoms with E-state index in [2.05, 4.69) is 37.8 Å². The molecular weight excluding hydrogens is 360 g/mol. The van der Waals surface area contributed by atoms with Gasteiger partial charge in [-0.2, -0.15) is 4.31 Å². The molecule has 0 amide bonds. The molecular formula is C21H30N2O3S. The number of nitrogens with zero attached hydrogens (tertiary/aromatic N) is 2. The molecule has 3 fully saturated rings. The SMILES string of the molecule is Cc1ccccc1N1CCN(S(=O)(=O)C[C@]23CC[C@H](CC2=O)C3(C)C)CC1. The van der Waals surface area contributed by atoms with Gasteiger partial charge in [0.2, 0.25) is 10.0 Å². The summed E-state index contributed by atoms with van der Waals surface area (Å²) in [5, 5.41) is 0. The number of para-hydroxylation sites is 1. The Labute approximate surface area is 162 Å². The molecule has 1 aromatic carbocycles. The summed E-state index contributed by atoms with van der Waals surface area (Å²) in [6, 6.07) is 8.22. The van der Waals surface area contributed by atoms with Gasteiger partial charge in [-0.15, -0.1) is 0 Å². The van der Waals surface area contributed by atoms with Gasteiger partial charge in [-0.05, 0) is 42.7 Å². The fourth-order valence-corrected chi connectivity index (χ4v) is 7.84. The highest BCUT2D eigenvalue weighted by molar-refractivity contribution is 7.89. The van der Waals surface area contributed by atoms with E-state index in [0.717, 1.165) is 12.8 Å². The highest BCUT2D eigenvalue weighted by atomic mass is 32.2. The lowest BCUT2D eigenvalue weighted by Crippen LogP contribution is -2.52. The van der Waals surface area contributed by atoms with Crippen LogP contribution in [0.15, 0.2) is 24.3 Å². The molecule has 2 atom stereocenters. The van der Waals surface area contributed by atoms with E-state index < -0.39 is 15.4 Å². The molecule has 2 saturated carbocycles. The van der Waals surface area contributed by atoms with E-state index in [1.165, 1.54) is 11.3 Å². The zero-order chi connectivity index (χ0) is 19.4. The van der Waals surface area contributed by atoms with Crippen LogP contribution in [0.25, 0.3) is 0 Å². The molecule has 1 heterocycles. The van der Waals surface area contributed by atoms with Crippen LogP contribution in [0.1, 0.15) is 38.7 Å². The van der Waals surface area contributed by atoms with Gasteiger partial charge in [0.1, 0.15) is 5.78 Å². The lowest BCUT2D eigenvalue weighted by molar-refractivity contribution is -0.128. The third-order valence-corrected chi connectivity index (χ3v) is 9.67. The third-order valence-electron chi connectivity index (χ3n) is 7.66. The molecule has 4 rings (SSSR count). The van der Waals surface area contributed by atoms with Gasteiger partial charge in [0, 0.05) is 43.7 Å². The van der Waals surface area contributed by atoms with Crippen molar-refractivity contribution in [3.8, 4) is 0 Å². The molecule has 0 N–H and O–H groups in total. The number of aryl methyl sites for hydroxylation is 1. The molecule has 0 unspecified atom stereocenters. The maximum atomic E-state index is 13.2. The molecule has 27 heavy (non-hydrogen) atoms. The highest BCUT2D eigenvalue weighted by Gasteiger charge is 2.65. The molecule has 148 valence electrons. The predicted molar refractivity (Wildman–Crippen MR) is 107 cm³/mol. The zero-order valence-electron chi connectivity index (χ0n) is 16.6. The van der Waals surface area contributed by atoms with Gasteiger partial charge in [0.25, 0.3) is 0 Å². The average molecular weight is 391 g/mol. The van der Waals surface area contributed by atoms with Crippen LogP contribution in [0.3, 0.4) is 0 Å². The van der Waals surface area contributed by atoms with Crippen LogP contribution in [0.4, 0.5) is 5.69 Å². The molecule has 2 bridgehead atoms. The van der Waals surface area contributed by atoms with Crippen LogP contribution in [0.2, 0.25) is 0 Å². The van der Waals surface area contributed by atoms with Gasteiger partial charge in [-0.3, -0.25) is 4.79 Å². The van der Waals surface area contributed by atoms with Crippen molar-refractivity contribution in [2.24, 2.45) is 16.7 Å². The van der Waals surface area contributed by atoms with E-state index in [1.807, 2.05) is 12.1 Å². The molecule has 6 heteroatoms. The van der Waals surface area contributed by atoms with E-state index in [0.29, 0.717) is 38.5 Å². The number of rotatable bonds is 4. The Balaban J connectivity index is 1.48. The molecule has 1 aliphatic heterocycles. The van der Waals surface area contributed by atoms with E-state index in [-0.39, 0.29) is 17.0 Å². The lowest BCUT2D eigenvalue weighted by atomic mass is 9.70. The summed E-state index contributed by atoms with van der Waals surface area (Å²) in [7, 11) is -3.44. The third kappa shape index (κ3) is 2.83. The van der Waals surface area contributed by atoms with Crippen LogP contribution in [0, 0.1) is 23.7 Å². The molecule has 1 saturated heterocycles. The van der Waals surface area contributed by atoms with Crippen molar-refractivity contribution in [1.82, 2.24) is 4.31 Å². The Hall–Kier alpha value is -1.40. The van der Waals surface area contributed by atoms with Gasteiger partial charge in [-0.25, -0.2) is 8.42 Å². The first-order valence-corrected chi connectivity index (χ1v) is 11.6. The maximum absolute atomic E-state index is 13.2. The topological polar surface area (TPSA) is 57.7 Å². The van der Waals surface area contributed by atoms with Crippen molar-refractivity contribution in [3.63, 3.8) is 0 Å². The number of carbonyl (C=O) groups excluding carboxylic acids is 1. The Morgan fingerprint density at radius 1 is 1.11 bits per heavy atom. The molecule has 0 radical (unpaired) electrons. The summed E-state index contributed by atoms with van der Waals surface area (Å²) in [5.74, 6) is 0.510. The standard InChI is InChI=1S/C21H30N2O3S/c1-16-6-4-5-7-18(16)22-10-12-23(13-11-22)27(25,26)15-21-9-8-17(14-19(21)24)20(21,2)3/h4-7,17H,8-15H2,1-3H3/t17-,21-/m1/s1. The van der Waals surface area contributed by atoms with Crippen molar-refractivity contribution in [2.45, 2.75) is 40.0 Å². The van der Waals surface area contributed by atoms with Crippen LogP contribution in [-0.4, -0.2) is 50.4 Å². The predicted octanol–water partition coefficient (Wildman–Crippen LogP) is 2.84. The second-order valence-corrected chi connectivity index (χ2v) is 11.1. The lowest BCUT2D eigenvalue weighted by Gasteiger charge is -2.40. The van der Waals surface area contributed by atoms with Gasteiger partial charge < -0.3 is 4.90 Å². The first kappa shape index (κ1) is 18.9. The maximum Gasteiger partial charge on any atom is 0.215 e. The van der Waals surface area contributed by atoms with E-state index in [9.17, 15) is 13.2 Å². The van der Waals surface area contributed by atoms with Gasteiger partial charge in [0.15, 0.2) is 0 Å². The van der Waals surface area contributed by atoms with Crippen LogP contribution in [-0.2, 0) is 14.8 Å². The largest absolute Gasteiger partial charge is 0.369 e. The number of hydrogen-bond donors (Lipinski definition) is 0. The quantitative estimate of drug-likeness (QED) is 0.793. The summed E-state index contributed by atoms with van der Waals surface area (Å²) in [4.78, 5) is 15.0. The Kier molecular flexibility index (Phi) is 4.43. The minimum Gasteiger partial charge on any atom is -0.369 e. The Morgan fingerprint density at radius 3 is 2.33 bits per heavy atom. The van der Waals surface area contributed by atoms with E-state index in [4.69, 9.17) is 0 Å². The minimum absolute atomic E-state index is 0.00724. The molecule has 3 aliphatic rings. The fraction of sp³-hybridized carbons (Fsp3) is 0.667. The second-order valence-electron chi connectivity index (χ2n) is 9.10. The van der Waals surface area contributed by atoms with Crippen molar-refractivity contribution in [2.75, 3.05) is 36.8 Å². The number of carbonyl (C=O) groups is 1. The average Bonchev–Trinajstić information content (AvgIpc) is 2.96. The van der Waals surface area contributed by atoms with Crippen LogP contribution < -0.4 is 4.90 Å². The number of sulfonamides is 1. The number of fused-ring (bicyclic) bond motifs is 2. The monoisotopic (exact) mass is 390 g/mol. The summed E-state index contributed by atoms with van der Waals surface area (Å²) >= 11 is 0. The summed E-state index contributed by atoms with van der Waals surface area (Å²) in [6.07, 6.45) is 2.27. The Morgan fingerprint density at radius 2 is 1.78 bits per heavy atom. The molecule has 2 aliphatic carbocycles. The zero-order valence-corrected chi connectivity index (χ0v) is 17.4. The smallest absolute Gasteiger partial charge is 0.215 e. The van der Waals surface area contributed by atoms with Crippen molar-refractivity contribution < 1.29 is 13.2 Å². The number of ketones is 1. The van der Waals surface area contributed by atoms with Crippen molar-refractivity contribution in [1.29, 1.82) is 0 Å². The first-order chi connectivity index (χ1) is 12.7. The highest BCUT2D eigenvalue weighted by Crippen LogP contribution is 2.64. The van der Waals surface area contributed by atoms with Crippen LogP contribution in [0.5, 0.6) is 0 Å². The number of benzene rings is 1. The second kappa shape index (κ2) is 6.31. The number of hydrogen-bond acceptors (Lipinski definition) is 4. The Bertz CT molecular complexity index is 856. The van der Waals surface area contributed by atoms with Gasteiger partial charge in [0.05, 0.1) is 5.75 Å². The molecule has 0 spiro atoms. The summed E-state index contributed by atoms with van der Waals surface area (Å²) in [6.45, 7) is 8.65. The number of anilines is 1. The van der Waals surface area contributed by atoms with Crippen LogP contribution >= 0.6 is 0 Å². The normalized spacial score (nSPS) is 30.9. The minimum atomic E-state index is -3.44. The van der Waals surface area contributed by atoms with Crippen molar-refractivity contribution in [3.05, 3.63) is 29.8 Å².